The van der Waals surface area contributed by atoms with E-state index in [9.17, 15) is 14.7 Å². The third-order valence-electron chi connectivity index (χ3n) is 6.51. The predicted octanol–water partition coefficient (Wildman–Crippen LogP) is 5.77. The number of allylic oxidation sites excluding steroid dienone is 2. The first-order valence-corrected chi connectivity index (χ1v) is 11.6. The van der Waals surface area contributed by atoms with Crippen molar-refractivity contribution < 1.29 is 19.4 Å². The van der Waals surface area contributed by atoms with Gasteiger partial charge in [-0.1, -0.05) is 64.1 Å². The van der Waals surface area contributed by atoms with Gasteiger partial charge in [-0.2, -0.15) is 0 Å². The average molecular weight is 446 g/mol. The number of fused-ring (bicyclic) bond motifs is 2. The molecular weight excluding hydrogens is 414 g/mol. The SMILES string of the molecule is CCOC(=O)C1=C(C)NC2=C(C(=O)c3ccccc32)[C@H]1c1cc(C(C)C)c(O)c(C(C)C)c1. The summed E-state index contributed by atoms with van der Waals surface area (Å²) in [5, 5.41) is 14.3. The van der Waals surface area contributed by atoms with E-state index in [2.05, 4.69) is 5.32 Å². The van der Waals surface area contributed by atoms with Crippen LogP contribution in [0.3, 0.4) is 0 Å². The van der Waals surface area contributed by atoms with Crippen LogP contribution in [0, 0.1) is 0 Å². The minimum atomic E-state index is -0.587. The van der Waals surface area contributed by atoms with Gasteiger partial charge in [0.2, 0.25) is 0 Å². The smallest absolute Gasteiger partial charge is 0.336 e. The number of phenols is 1. The van der Waals surface area contributed by atoms with E-state index in [4.69, 9.17) is 4.74 Å². The van der Waals surface area contributed by atoms with E-state index in [0.717, 1.165) is 28.0 Å². The number of rotatable bonds is 5. The molecule has 0 saturated carbocycles. The Labute approximate surface area is 195 Å². The van der Waals surface area contributed by atoms with Crippen molar-refractivity contribution in [1.82, 2.24) is 5.32 Å². The molecule has 0 spiro atoms. The molecule has 5 heteroatoms. The second-order valence-corrected chi connectivity index (χ2v) is 9.34. The summed E-state index contributed by atoms with van der Waals surface area (Å²) < 4.78 is 5.42. The molecule has 2 aliphatic rings. The normalized spacial score (nSPS) is 17.5. The molecule has 2 N–H and O–H groups in total. The molecule has 2 aromatic carbocycles. The summed E-state index contributed by atoms with van der Waals surface area (Å²) in [7, 11) is 0. The molecule has 2 aromatic rings. The molecule has 1 heterocycles. The molecule has 5 nitrogen and oxygen atoms in total. The van der Waals surface area contributed by atoms with Gasteiger partial charge in [-0.3, -0.25) is 4.79 Å². The lowest BCUT2D eigenvalue weighted by Crippen LogP contribution is -2.29. The molecule has 0 saturated heterocycles. The molecule has 0 radical (unpaired) electrons. The second-order valence-electron chi connectivity index (χ2n) is 9.34. The highest BCUT2D eigenvalue weighted by molar-refractivity contribution is 6.23. The van der Waals surface area contributed by atoms with Gasteiger partial charge in [-0.15, -0.1) is 0 Å². The van der Waals surface area contributed by atoms with Gasteiger partial charge in [-0.25, -0.2) is 4.79 Å². The molecular formula is C28H31NO4. The van der Waals surface area contributed by atoms with Gasteiger partial charge in [0.15, 0.2) is 5.78 Å². The van der Waals surface area contributed by atoms with Gasteiger partial charge in [0.1, 0.15) is 5.75 Å². The van der Waals surface area contributed by atoms with Crippen LogP contribution in [0.15, 0.2) is 53.2 Å². The number of esters is 1. The van der Waals surface area contributed by atoms with Gasteiger partial charge in [0, 0.05) is 28.3 Å². The first-order chi connectivity index (χ1) is 15.7. The Kier molecular flexibility index (Phi) is 5.91. The van der Waals surface area contributed by atoms with Crippen molar-refractivity contribution in [2.75, 3.05) is 6.61 Å². The highest BCUT2D eigenvalue weighted by Crippen LogP contribution is 2.48. The minimum Gasteiger partial charge on any atom is -0.507 e. The predicted molar refractivity (Wildman–Crippen MR) is 129 cm³/mol. The standard InChI is InChI=1S/C28H31NO4/c1-7-33-28(32)22-16(6)29-25-18-10-8-9-11-19(18)27(31)24(25)23(22)17-12-20(14(2)3)26(30)21(13-17)15(4)5/h8-15,23,29-30H,7H2,1-6H3/t23-/m0/s1. The summed E-state index contributed by atoms with van der Waals surface area (Å²) in [6.07, 6.45) is 0. The summed E-state index contributed by atoms with van der Waals surface area (Å²) in [6, 6.07) is 11.4. The van der Waals surface area contributed by atoms with Crippen LogP contribution in [0.1, 0.15) is 91.9 Å². The highest BCUT2D eigenvalue weighted by atomic mass is 16.5. The average Bonchev–Trinajstić information content (AvgIpc) is 3.04. The van der Waals surface area contributed by atoms with Crippen LogP contribution in [-0.4, -0.2) is 23.5 Å². The quantitative estimate of drug-likeness (QED) is 0.572. The van der Waals surface area contributed by atoms with Crippen molar-refractivity contribution in [3.63, 3.8) is 0 Å². The molecule has 172 valence electrons. The Morgan fingerprint density at radius 3 is 2.18 bits per heavy atom. The van der Waals surface area contributed by atoms with Crippen molar-refractivity contribution in [2.24, 2.45) is 0 Å². The van der Waals surface area contributed by atoms with Gasteiger partial charge in [0.05, 0.1) is 17.9 Å². The molecule has 33 heavy (non-hydrogen) atoms. The van der Waals surface area contributed by atoms with Crippen LogP contribution in [0.2, 0.25) is 0 Å². The Bertz CT molecular complexity index is 1190. The molecule has 1 aliphatic carbocycles. The molecule has 0 fully saturated rings. The number of Topliss-reactive ketones (excluding diaryl/α,β-unsaturated/α-hetero) is 1. The third-order valence-corrected chi connectivity index (χ3v) is 6.51. The van der Waals surface area contributed by atoms with Crippen LogP contribution in [0.25, 0.3) is 5.70 Å². The Morgan fingerprint density at radius 2 is 1.64 bits per heavy atom. The summed E-state index contributed by atoms with van der Waals surface area (Å²) in [5.74, 6) is -0.678. The summed E-state index contributed by atoms with van der Waals surface area (Å²) in [4.78, 5) is 26.8. The fourth-order valence-electron chi connectivity index (χ4n) is 4.89. The summed E-state index contributed by atoms with van der Waals surface area (Å²) >= 11 is 0. The maximum absolute atomic E-state index is 13.6. The zero-order valence-corrected chi connectivity index (χ0v) is 20.1. The number of phenolic OH excluding ortho intramolecular Hbond substituents is 1. The number of ether oxygens (including phenoxy) is 1. The fraction of sp³-hybridized carbons (Fsp3) is 0.357. The number of benzene rings is 2. The number of ketones is 1. The molecule has 4 rings (SSSR count). The van der Waals surface area contributed by atoms with Crippen LogP contribution >= 0.6 is 0 Å². The molecule has 0 unspecified atom stereocenters. The van der Waals surface area contributed by atoms with Crippen molar-refractivity contribution in [3.8, 4) is 5.75 Å². The Morgan fingerprint density at radius 1 is 1.06 bits per heavy atom. The van der Waals surface area contributed by atoms with Crippen molar-refractivity contribution in [3.05, 3.63) is 81.1 Å². The maximum atomic E-state index is 13.6. The lowest BCUT2D eigenvalue weighted by atomic mass is 9.77. The van der Waals surface area contributed by atoms with Gasteiger partial charge >= 0.3 is 5.97 Å². The topological polar surface area (TPSA) is 75.6 Å². The number of carbonyl (C=O) groups is 2. The maximum Gasteiger partial charge on any atom is 0.336 e. The first-order valence-electron chi connectivity index (χ1n) is 11.6. The molecule has 0 aromatic heterocycles. The highest BCUT2D eigenvalue weighted by Gasteiger charge is 2.43. The van der Waals surface area contributed by atoms with Gasteiger partial charge in [-0.05, 0) is 42.4 Å². The third kappa shape index (κ3) is 3.65. The molecule has 1 atom stereocenters. The second kappa shape index (κ2) is 8.54. The van der Waals surface area contributed by atoms with Crippen LogP contribution in [0.4, 0.5) is 0 Å². The lowest BCUT2D eigenvalue weighted by Gasteiger charge is -2.30. The van der Waals surface area contributed by atoms with Crippen molar-refractivity contribution in [2.45, 2.75) is 59.3 Å². The zero-order chi connectivity index (χ0) is 24.0. The number of carbonyl (C=O) groups excluding carboxylic acids is 2. The van der Waals surface area contributed by atoms with E-state index < -0.39 is 11.9 Å². The molecule has 1 aliphatic heterocycles. The Balaban J connectivity index is 2.01. The monoisotopic (exact) mass is 445 g/mol. The Hall–Kier alpha value is -3.34. The van der Waals surface area contributed by atoms with E-state index in [1.807, 2.05) is 71.0 Å². The zero-order valence-electron chi connectivity index (χ0n) is 20.1. The summed E-state index contributed by atoms with van der Waals surface area (Å²) in [6.45, 7) is 12.0. The van der Waals surface area contributed by atoms with Gasteiger partial charge in [0.25, 0.3) is 0 Å². The summed E-state index contributed by atoms with van der Waals surface area (Å²) in [5.41, 5.74) is 6.32. The number of nitrogens with one attached hydrogen (secondary N) is 1. The first kappa shape index (κ1) is 22.8. The largest absolute Gasteiger partial charge is 0.507 e. The number of hydrogen-bond acceptors (Lipinski definition) is 5. The van der Waals surface area contributed by atoms with Crippen LogP contribution in [0.5, 0.6) is 5.75 Å². The number of dihydropyridines is 1. The van der Waals surface area contributed by atoms with Crippen molar-refractivity contribution >= 4 is 17.4 Å². The van der Waals surface area contributed by atoms with E-state index in [1.54, 1.807) is 6.92 Å². The van der Waals surface area contributed by atoms with Crippen LogP contribution in [-0.2, 0) is 9.53 Å². The molecule has 0 bridgehead atoms. The van der Waals surface area contributed by atoms with Crippen LogP contribution < -0.4 is 5.32 Å². The molecule has 0 amide bonds. The van der Waals surface area contributed by atoms with E-state index in [1.165, 1.54) is 0 Å². The van der Waals surface area contributed by atoms with Crippen molar-refractivity contribution in [1.29, 1.82) is 0 Å². The minimum absolute atomic E-state index is 0.0743. The van der Waals surface area contributed by atoms with E-state index in [-0.39, 0.29) is 30.0 Å². The van der Waals surface area contributed by atoms with E-state index >= 15 is 0 Å². The number of aromatic hydroxyl groups is 1. The van der Waals surface area contributed by atoms with Gasteiger partial charge < -0.3 is 15.2 Å². The van der Waals surface area contributed by atoms with E-state index in [0.29, 0.717) is 22.4 Å². The number of hydrogen-bond donors (Lipinski definition) is 2. The lowest BCUT2D eigenvalue weighted by molar-refractivity contribution is -0.138. The fourth-order valence-corrected chi connectivity index (χ4v) is 4.89.